The lowest BCUT2D eigenvalue weighted by molar-refractivity contribution is 0.477. The molecule has 104 valence electrons. The molecular weight excluding hydrogens is 262 g/mol. The number of aromatic hydroxyl groups is 1. The van der Waals surface area contributed by atoms with Gasteiger partial charge in [-0.2, -0.15) is 0 Å². The molecule has 3 N–H and O–H groups in total. The first-order chi connectivity index (χ1) is 8.72. The number of nitrogens with zero attached hydrogens (tertiary/aromatic N) is 2. The minimum atomic E-state index is 0. The van der Waals surface area contributed by atoms with Gasteiger partial charge in [0.2, 0.25) is 5.95 Å². The van der Waals surface area contributed by atoms with Crippen LogP contribution in [0.4, 0.5) is 5.95 Å². The molecule has 1 heterocycles. The van der Waals surface area contributed by atoms with Gasteiger partial charge in [0.05, 0.1) is 5.69 Å². The van der Waals surface area contributed by atoms with E-state index in [1.54, 1.807) is 12.1 Å². The van der Waals surface area contributed by atoms with E-state index in [-0.39, 0.29) is 18.2 Å². The molecule has 0 fully saturated rings. The zero-order chi connectivity index (χ0) is 13.0. The number of aryl methyl sites for hydroxylation is 1. The van der Waals surface area contributed by atoms with Crippen molar-refractivity contribution < 1.29 is 5.11 Å². The topological polar surface area (TPSA) is 64.1 Å². The molecule has 2 aromatic rings. The molecule has 0 saturated heterocycles. The number of benzene rings is 1. The highest BCUT2D eigenvalue weighted by Gasteiger charge is 2.09. The van der Waals surface area contributed by atoms with Crippen LogP contribution in [0.25, 0.3) is 11.3 Å². The maximum Gasteiger partial charge on any atom is 0.200 e. The van der Waals surface area contributed by atoms with E-state index in [4.69, 9.17) is 5.73 Å². The van der Waals surface area contributed by atoms with Gasteiger partial charge >= 0.3 is 0 Å². The van der Waals surface area contributed by atoms with Gasteiger partial charge in [-0.15, -0.1) is 12.4 Å². The third kappa shape index (κ3) is 3.64. The molecular formula is C14H20ClN3O. The monoisotopic (exact) mass is 281 g/mol. The van der Waals surface area contributed by atoms with Crippen LogP contribution in [0.2, 0.25) is 0 Å². The average molecular weight is 282 g/mol. The first kappa shape index (κ1) is 15.4. The standard InChI is InChI=1S/C14H19N3O.ClH/c1-2-3-6-9-17-10-12(16-14(17)15)11-7-4-5-8-13(11)18;/h4-5,7-8,10,18H,2-3,6,9H2,1H3,(H2,15,16);1H. The molecule has 0 atom stereocenters. The van der Waals surface area contributed by atoms with Gasteiger partial charge in [-0.25, -0.2) is 4.98 Å². The number of para-hydroxylation sites is 1. The number of rotatable bonds is 5. The summed E-state index contributed by atoms with van der Waals surface area (Å²) in [5, 5.41) is 9.79. The Morgan fingerprint density at radius 1 is 1.26 bits per heavy atom. The summed E-state index contributed by atoms with van der Waals surface area (Å²) in [5.74, 6) is 0.736. The van der Waals surface area contributed by atoms with Crippen molar-refractivity contribution in [1.82, 2.24) is 9.55 Å². The highest BCUT2D eigenvalue weighted by atomic mass is 35.5. The number of hydrogen-bond donors (Lipinski definition) is 2. The Balaban J connectivity index is 0.00000180. The minimum Gasteiger partial charge on any atom is -0.507 e. The molecule has 1 aromatic carbocycles. The molecule has 1 aromatic heterocycles. The Morgan fingerprint density at radius 2 is 2.00 bits per heavy atom. The minimum absolute atomic E-state index is 0. The van der Waals surface area contributed by atoms with Gasteiger partial charge in [0, 0.05) is 18.3 Å². The van der Waals surface area contributed by atoms with Crippen LogP contribution in [0.1, 0.15) is 26.2 Å². The number of phenolic OH excluding ortho intramolecular Hbond substituents is 1. The van der Waals surface area contributed by atoms with Crippen LogP contribution >= 0.6 is 12.4 Å². The van der Waals surface area contributed by atoms with Crippen LogP contribution in [0.15, 0.2) is 30.5 Å². The Hall–Kier alpha value is -1.68. The number of phenols is 1. The van der Waals surface area contributed by atoms with Gasteiger partial charge in [0.1, 0.15) is 5.75 Å². The first-order valence-electron chi connectivity index (χ1n) is 6.33. The molecule has 0 radical (unpaired) electrons. The zero-order valence-electron chi connectivity index (χ0n) is 11.0. The van der Waals surface area contributed by atoms with Crippen molar-refractivity contribution in [3.63, 3.8) is 0 Å². The summed E-state index contributed by atoms with van der Waals surface area (Å²) in [6, 6.07) is 7.16. The Morgan fingerprint density at radius 3 is 2.68 bits per heavy atom. The van der Waals surface area contributed by atoms with Crippen molar-refractivity contribution in [2.24, 2.45) is 0 Å². The molecule has 0 aliphatic carbocycles. The maximum absolute atomic E-state index is 9.79. The van der Waals surface area contributed by atoms with Gasteiger partial charge in [-0.3, -0.25) is 0 Å². The van der Waals surface area contributed by atoms with Gasteiger partial charge in [-0.05, 0) is 18.6 Å². The molecule has 0 amide bonds. The average Bonchev–Trinajstić information content (AvgIpc) is 2.72. The van der Waals surface area contributed by atoms with Gasteiger partial charge in [0.15, 0.2) is 0 Å². The SMILES string of the molecule is CCCCCn1cc(-c2ccccc2O)nc1N.Cl. The van der Waals surface area contributed by atoms with E-state index >= 15 is 0 Å². The fraction of sp³-hybridized carbons (Fsp3) is 0.357. The molecule has 0 aliphatic rings. The highest BCUT2D eigenvalue weighted by Crippen LogP contribution is 2.28. The number of nitrogens with two attached hydrogens (primary N) is 1. The lowest BCUT2D eigenvalue weighted by Crippen LogP contribution is -2.02. The maximum atomic E-state index is 9.79. The number of halogens is 1. The summed E-state index contributed by atoms with van der Waals surface area (Å²) in [4.78, 5) is 4.30. The second-order valence-electron chi connectivity index (χ2n) is 4.40. The van der Waals surface area contributed by atoms with Crippen LogP contribution in [0.3, 0.4) is 0 Å². The summed E-state index contributed by atoms with van der Waals surface area (Å²) in [6.45, 7) is 3.05. The van der Waals surface area contributed by atoms with Crippen molar-refractivity contribution in [2.75, 3.05) is 5.73 Å². The van der Waals surface area contributed by atoms with Crippen LogP contribution in [-0.2, 0) is 6.54 Å². The van der Waals surface area contributed by atoms with Crippen LogP contribution in [0, 0.1) is 0 Å². The lowest BCUT2D eigenvalue weighted by atomic mass is 10.1. The number of unbranched alkanes of at least 4 members (excludes halogenated alkanes) is 2. The molecule has 0 spiro atoms. The molecule has 0 unspecified atom stereocenters. The van der Waals surface area contributed by atoms with Crippen molar-refractivity contribution >= 4 is 18.4 Å². The third-order valence-corrected chi connectivity index (χ3v) is 2.99. The van der Waals surface area contributed by atoms with E-state index in [1.165, 1.54) is 12.8 Å². The Kier molecular flexibility index (Phi) is 5.70. The fourth-order valence-electron chi connectivity index (χ4n) is 1.96. The van der Waals surface area contributed by atoms with E-state index in [1.807, 2.05) is 22.9 Å². The van der Waals surface area contributed by atoms with Crippen molar-refractivity contribution in [3.8, 4) is 17.0 Å². The third-order valence-electron chi connectivity index (χ3n) is 2.99. The van der Waals surface area contributed by atoms with Crippen molar-refractivity contribution in [3.05, 3.63) is 30.5 Å². The van der Waals surface area contributed by atoms with Crippen molar-refractivity contribution in [2.45, 2.75) is 32.7 Å². The van der Waals surface area contributed by atoms with Crippen LogP contribution in [-0.4, -0.2) is 14.7 Å². The summed E-state index contributed by atoms with van der Waals surface area (Å²) < 4.78 is 1.94. The van der Waals surface area contributed by atoms with Gasteiger partial charge < -0.3 is 15.4 Å². The van der Waals surface area contributed by atoms with Gasteiger partial charge in [-0.1, -0.05) is 31.9 Å². The number of nitrogen functional groups attached to an aromatic ring is 1. The molecule has 5 heteroatoms. The predicted octanol–water partition coefficient (Wildman–Crippen LogP) is 3.45. The lowest BCUT2D eigenvalue weighted by Gasteiger charge is -2.02. The first-order valence-corrected chi connectivity index (χ1v) is 6.33. The quantitative estimate of drug-likeness (QED) is 0.825. The van der Waals surface area contributed by atoms with Crippen LogP contribution < -0.4 is 5.73 Å². The number of aromatic nitrogens is 2. The molecule has 19 heavy (non-hydrogen) atoms. The fourth-order valence-corrected chi connectivity index (χ4v) is 1.96. The molecule has 0 bridgehead atoms. The summed E-state index contributed by atoms with van der Waals surface area (Å²) in [7, 11) is 0. The summed E-state index contributed by atoms with van der Waals surface area (Å²) in [6.07, 6.45) is 5.36. The molecule has 0 aliphatic heterocycles. The Bertz CT molecular complexity index is 525. The predicted molar refractivity (Wildman–Crippen MR) is 80.5 cm³/mol. The van der Waals surface area contributed by atoms with E-state index < -0.39 is 0 Å². The van der Waals surface area contributed by atoms with Gasteiger partial charge in [0.25, 0.3) is 0 Å². The largest absolute Gasteiger partial charge is 0.507 e. The smallest absolute Gasteiger partial charge is 0.200 e. The second-order valence-corrected chi connectivity index (χ2v) is 4.40. The number of imidazole rings is 1. The number of anilines is 1. The van der Waals surface area contributed by atoms with E-state index in [0.717, 1.165) is 24.2 Å². The molecule has 4 nitrogen and oxygen atoms in total. The Labute approximate surface area is 119 Å². The van der Waals surface area contributed by atoms with Crippen molar-refractivity contribution in [1.29, 1.82) is 0 Å². The highest BCUT2D eigenvalue weighted by molar-refractivity contribution is 5.85. The zero-order valence-corrected chi connectivity index (χ0v) is 11.9. The summed E-state index contributed by atoms with van der Waals surface area (Å²) >= 11 is 0. The van der Waals surface area contributed by atoms with E-state index in [0.29, 0.717) is 5.95 Å². The van der Waals surface area contributed by atoms with E-state index in [9.17, 15) is 5.11 Å². The summed E-state index contributed by atoms with van der Waals surface area (Å²) in [5.41, 5.74) is 7.33. The molecule has 0 saturated carbocycles. The molecule has 2 rings (SSSR count). The normalized spacial score (nSPS) is 10.2. The number of hydrogen-bond acceptors (Lipinski definition) is 3. The van der Waals surface area contributed by atoms with Crippen LogP contribution in [0.5, 0.6) is 5.75 Å². The van der Waals surface area contributed by atoms with E-state index in [2.05, 4.69) is 11.9 Å². The second kappa shape index (κ2) is 7.04.